The summed E-state index contributed by atoms with van der Waals surface area (Å²) in [5.41, 5.74) is 3.05. The van der Waals surface area contributed by atoms with Crippen LogP contribution in [0.5, 0.6) is 0 Å². The average molecular weight is 303 g/mol. The summed E-state index contributed by atoms with van der Waals surface area (Å²) in [6.07, 6.45) is 0. The molecule has 1 aliphatic heterocycles. The van der Waals surface area contributed by atoms with Gasteiger partial charge in [0.2, 0.25) is 0 Å². The number of benzene rings is 1. The van der Waals surface area contributed by atoms with Crippen molar-refractivity contribution >= 4 is 17.4 Å². The van der Waals surface area contributed by atoms with Crippen LogP contribution in [-0.4, -0.2) is 29.6 Å². The van der Waals surface area contributed by atoms with Gasteiger partial charge in [-0.2, -0.15) is 17.0 Å². The van der Waals surface area contributed by atoms with Gasteiger partial charge in [-0.15, -0.1) is 0 Å². The van der Waals surface area contributed by atoms with Crippen LogP contribution in [0.4, 0.5) is 5.69 Å². The summed E-state index contributed by atoms with van der Waals surface area (Å²) >= 11 is 2.01. The third kappa shape index (κ3) is 4.39. The van der Waals surface area contributed by atoms with E-state index in [-0.39, 0.29) is 4.75 Å². The molecule has 1 fully saturated rings. The topological polar surface area (TPSA) is 39.1 Å². The van der Waals surface area contributed by atoms with E-state index >= 15 is 0 Å². The minimum atomic E-state index is 0.253. The summed E-state index contributed by atoms with van der Waals surface area (Å²) < 4.78 is 0.253. The van der Waals surface area contributed by atoms with Crippen molar-refractivity contribution < 1.29 is 0 Å². The molecule has 0 saturated carbocycles. The van der Waals surface area contributed by atoms with E-state index in [0.29, 0.717) is 6.04 Å². The van der Waals surface area contributed by atoms with Crippen molar-refractivity contribution in [3.8, 4) is 6.07 Å². The Morgan fingerprint density at radius 2 is 2.19 bits per heavy atom. The molecule has 1 N–H and O–H groups in total. The highest BCUT2D eigenvalue weighted by Crippen LogP contribution is 2.33. The molecular formula is C17H25N3S. The minimum absolute atomic E-state index is 0.253. The zero-order valence-electron chi connectivity index (χ0n) is 13.4. The highest BCUT2D eigenvalue weighted by atomic mass is 32.2. The molecule has 114 valence electrons. The molecule has 1 aromatic carbocycles. The van der Waals surface area contributed by atoms with E-state index in [9.17, 15) is 5.26 Å². The average Bonchev–Trinajstić information content (AvgIpc) is 2.43. The molecule has 1 aliphatic rings. The molecule has 21 heavy (non-hydrogen) atoms. The van der Waals surface area contributed by atoms with E-state index in [2.05, 4.69) is 56.1 Å². The van der Waals surface area contributed by atoms with Gasteiger partial charge in [-0.25, -0.2) is 0 Å². The van der Waals surface area contributed by atoms with Crippen LogP contribution in [0.1, 0.15) is 38.8 Å². The Hall–Kier alpha value is -1.18. The van der Waals surface area contributed by atoms with Crippen LogP contribution in [0.2, 0.25) is 0 Å². The van der Waals surface area contributed by atoms with Gasteiger partial charge in [0.25, 0.3) is 0 Å². The minimum Gasteiger partial charge on any atom is -0.368 e. The maximum absolute atomic E-state index is 9.48. The molecule has 2 rings (SSSR count). The number of thioether (sulfide) groups is 1. The fraction of sp³-hybridized carbons (Fsp3) is 0.588. The van der Waals surface area contributed by atoms with E-state index < -0.39 is 0 Å². The first-order valence-electron chi connectivity index (χ1n) is 7.56. The summed E-state index contributed by atoms with van der Waals surface area (Å²) in [6.45, 7) is 11.6. The quantitative estimate of drug-likeness (QED) is 0.925. The van der Waals surface area contributed by atoms with E-state index in [1.165, 1.54) is 5.56 Å². The zero-order valence-corrected chi connectivity index (χ0v) is 14.3. The Kier molecular flexibility index (Phi) is 5.18. The SMILES string of the molecule is CC(C)NCc1ccc(N2CCSC(C)(C)C2)c(C#N)c1. The number of rotatable bonds is 4. The zero-order chi connectivity index (χ0) is 15.5. The standard InChI is InChI=1S/C17H25N3S/c1-13(2)19-11-14-5-6-16(15(9-14)10-18)20-7-8-21-17(3,4)12-20/h5-6,9,13,19H,7-8,11-12H2,1-4H3. The van der Waals surface area contributed by atoms with Crippen molar-refractivity contribution in [3.63, 3.8) is 0 Å². The van der Waals surface area contributed by atoms with Gasteiger partial charge in [-0.1, -0.05) is 19.9 Å². The second-order valence-corrected chi connectivity index (χ2v) is 8.33. The van der Waals surface area contributed by atoms with Crippen LogP contribution in [0.15, 0.2) is 18.2 Å². The van der Waals surface area contributed by atoms with Crippen molar-refractivity contribution in [3.05, 3.63) is 29.3 Å². The van der Waals surface area contributed by atoms with Gasteiger partial charge in [-0.05, 0) is 31.5 Å². The lowest BCUT2D eigenvalue weighted by molar-refractivity contribution is 0.588. The van der Waals surface area contributed by atoms with Crippen LogP contribution in [-0.2, 0) is 6.54 Å². The second kappa shape index (κ2) is 6.72. The number of nitriles is 1. The molecule has 0 radical (unpaired) electrons. The Balaban J connectivity index is 2.18. The lowest BCUT2D eigenvalue weighted by Gasteiger charge is -2.39. The van der Waals surface area contributed by atoms with Crippen molar-refractivity contribution in [2.75, 3.05) is 23.7 Å². The second-order valence-electron chi connectivity index (χ2n) is 6.53. The summed E-state index contributed by atoms with van der Waals surface area (Å²) in [6, 6.07) is 9.11. The molecule has 0 atom stereocenters. The number of nitrogens with one attached hydrogen (secondary N) is 1. The number of anilines is 1. The molecular weight excluding hydrogens is 278 g/mol. The van der Waals surface area contributed by atoms with E-state index in [4.69, 9.17) is 0 Å². The first-order valence-corrected chi connectivity index (χ1v) is 8.55. The Morgan fingerprint density at radius 3 is 2.81 bits per heavy atom. The van der Waals surface area contributed by atoms with Crippen LogP contribution in [0.3, 0.4) is 0 Å². The summed E-state index contributed by atoms with van der Waals surface area (Å²) in [4.78, 5) is 2.36. The summed E-state index contributed by atoms with van der Waals surface area (Å²) in [7, 11) is 0. The van der Waals surface area contributed by atoms with Gasteiger partial charge in [0, 0.05) is 36.2 Å². The monoisotopic (exact) mass is 303 g/mol. The van der Waals surface area contributed by atoms with Gasteiger partial charge in [0.05, 0.1) is 11.3 Å². The smallest absolute Gasteiger partial charge is 0.101 e. The van der Waals surface area contributed by atoms with E-state index in [0.717, 1.165) is 36.6 Å². The van der Waals surface area contributed by atoms with Crippen molar-refractivity contribution in [1.82, 2.24) is 5.32 Å². The number of hydrogen-bond acceptors (Lipinski definition) is 4. The highest BCUT2D eigenvalue weighted by Gasteiger charge is 2.28. The largest absolute Gasteiger partial charge is 0.368 e. The third-order valence-corrected chi connectivity index (χ3v) is 4.96. The first kappa shape index (κ1) is 16.2. The van der Waals surface area contributed by atoms with Crippen molar-refractivity contribution in [2.24, 2.45) is 0 Å². The molecule has 0 aromatic heterocycles. The van der Waals surface area contributed by atoms with E-state index in [1.54, 1.807) is 0 Å². The molecule has 0 amide bonds. The predicted molar refractivity (Wildman–Crippen MR) is 91.9 cm³/mol. The fourth-order valence-corrected chi connectivity index (χ4v) is 3.71. The molecule has 3 nitrogen and oxygen atoms in total. The fourth-order valence-electron chi connectivity index (χ4n) is 2.60. The van der Waals surface area contributed by atoms with Crippen LogP contribution < -0.4 is 10.2 Å². The predicted octanol–water partition coefficient (Wildman–Crippen LogP) is 3.39. The molecule has 1 heterocycles. The Morgan fingerprint density at radius 1 is 1.43 bits per heavy atom. The lowest BCUT2D eigenvalue weighted by atomic mass is 10.1. The maximum atomic E-state index is 9.48. The third-order valence-electron chi connectivity index (χ3n) is 3.66. The molecule has 1 aromatic rings. The number of hydrogen-bond donors (Lipinski definition) is 1. The molecule has 4 heteroatoms. The molecule has 0 spiro atoms. The number of nitrogens with zero attached hydrogens (tertiary/aromatic N) is 2. The van der Waals surface area contributed by atoms with Gasteiger partial charge in [0.15, 0.2) is 0 Å². The maximum Gasteiger partial charge on any atom is 0.101 e. The van der Waals surface area contributed by atoms with Crippen LogP contribution in [0.25, 0.3) is 0 Å². The summed E-state index contributed by atoms with van der Waals surface area (Å²) in [5, 5.41) is 12.9. The van der Waals surface area contributed by atoms with Gasteiger partial charge in [-0.3, -0.25) is 0 Å². The van der Waals surface area contributed by atoms with Crippen molar-refractivity contribution in [2.45, 2.75) is 45.0 Å². The van der Waals surface area contributed by atoms with Gasteiger partial charge in [0.1, 0.15) is 6.07 Å². The van der Waals surface area contributed by atoms with Crippen molar-refractivity contribution in [1.29, 1.82) is 5.26 Å². The normalized spacial score (nSPS) is 17.8. The highest BCUT2D eigenvalue weighted by molar-refractivity contribution is 8.00. The van der Waals surface area contributed by atoms with Crippen LogP contribution >= 0.6 is 11.8 Å². The van der Waals surface area contributed by atoms with E-state index in [1.807, 2.05) is 17.8 Å². The van der Waals surface area contributed by atoms with Gasteiger partial charge >= 0.3 is 0 Å². The molecule has 1 saturated heterocycles. The molecule has 0 unspecified atom stereocenters. The summed E-state index contributed by atoms with van der Waals surface area (Å²) in [5.74, 6) is 1.12. The first-order chi connectivity index (χ1) is 9.91. The Bertz CT molecular complexity index is 531. The van der Waals surface area contributed by atoms with Crippen LogP contribution in [0, 0.1) is 11.3 Å². The molecule has 0 bridgehead atoms. The Labute approximate surface area is 132 Å². The van der Waals surface area contributed by atoms with Gasteiger partial charge < -0.3 is 10.2 Å². The molecule has 0 aliphatic carbocycles. The lowest BCUT2D eigenvalue weighted by Crippen LogP contribution is -2.43.